The number of aliphatic hydroxyl groups excluding tert-OH is 1. The molecule has 0 bridgehead atoms. The van der Waals surface area contributed by atoms with Crippen molar-refractivity contribution in [3.8, 4) is 0 Å². The molecule has 2 saturated carbocycles. The molecule has 3 unspecified atom stereocenters. The molecular weight excluding hydrogens is 224 g/mol. The van der Waals surface area contributed by atoms with E-state index in [1.165, 1.54) is 5.57 Å². The number of ketones is 1. The van der Waals surface area contributed by atoms with Crippen LogP contribution >= 0.6 is 0 Å². The lowest BCUT2D eigenvalue weighted by Crippen LogP contribution is -2.43. The minimum atomic E-state index is -0.448. The third-order valence-electron chi connectivity index (χ3n) is 6.12. The molecule has 0 radical (unpaired) electrons. The molecule has 1 N–H and O–H groups in total. The highest BCUT2D eigenvalue weighted by Crippen LogP contribution is 2.68. The van der Waals surface area contributed by atoms with Crippen molar-refractivity contribution in [2.75, 3.05) is 0 Å². The molecule has 3 aliphatic rings. The number of fused-ring (bicyclic) bond motifs is 1. The summed E-state index contributed by atoms with van der Waals surface area (Å²) in [6.07, 6.45) is 2.58. The topological polar surface area (TPSA) is 37.3 Å². The van der Waals surface area contributed by atoms with Crippen LogP contribution in [0.15, 0.2) is 11.1 Å². The Kier molecular flexibility index (Phi) is 2.13. The van der Waals surface area contributed by atoms with Crippen LogP contribution in [0.3, 0.4) is 0 Å². The molecule has 0 amide bonds. The number of aliphatic hydroxyl groups is 1. The molecule has 3 rings (SSSR count). The van der Waals surface area contributed by atoms with Gasteiger partial charge in [0, 0.05) is 11.3 Å². The summed E-state index contributed by atoms with van der Waals surface area (Å²) in [7, 11) is 0. The van der Waals surface area contributed by atoms with Crippen molar-refractivity contribution >= 4 is 5.78 Å². The molecule has 18 heavy (non-hydrogen) atoms. The third kappa shape index (κ3) is 1.16. The molecule has 0 aromatic carbocycles. The zero-order chi connectivity index (χ0) is 13.5. The van der Waals surface area contributed by atoms with Gasteiger partial charge in [0.2, 0.25) is 0 Å². The lowest BCUT2D eigenvalue weighted by Gasteiger charge is -2.40. The summed E-state index contributed by atoms with van der Waals surface area (Å²) in [4.78, 5) is 12.8. The summed E-state index contributed by atoms with van der Waals surface area (Å²) >= 11 is 0. The molecule has 1 spiro atoms. The lowest BCUT2D eigenvalue weighted by molar-refractivity contribution is -0.132. The largest absolute Gasteiger partial charge is 0.388 e. The van der Waals surface area contributed by atoms with E-state index in [-0.39, 0.29) is 16.7 Å². The Morgan fingerprint density at radius 1 is 1.22 bits per heavy atom. The molecule has 2 fully saturated rings. The maximum atomic E-state index is 12.8. The number of hydrogen-bond acceptors (Lipinski definition) is 2. The van der Waals surface area contributed by atoms with E-state index < -0.39 is 11.5 Å². The SMILES string of the molecule is CC1=C2C(O)C(C)(C)CC2(C)C(=O)C(C)C12CC2. The van der Waals surface area contributed by atoms with Crippen LogP contribution in [0.5, 0.6) is 0 Å². The van der Waals surface area contributed by atoms with Crippen LogP contribution in [0.1, 0.15) is 53.9 Å². The lowest BCUT2D eigenvalue weighted by atomic mass is 9.62. The van der Waals surface area contributed by atoms with Gasteiger partial charge in [-0.2, -0.15) is 0 Å². The minimum absolute atomic E-state index is 0.104. The second-order valence-corrected chi connectivity index (χ2v) is 7.68. The average Bonchev–Trinajstić information content (AvgIpc) is 3.02. The second kappa shape index (κ2) is 3.09. The van der Waals surface area contributed by atoms with Crippen LogP contribution in [0, 0.1) is 22.2 Å². The number of hydrogen-bond donors (Lipinski definition) is 1. The molecule has 3 aliphatic carbocycles. The minimum Gasteiger partial charge on any atom is -0.388 e. The van der Waals surface area contributed by atoms with E-state index in [0.29, 0.717) is 5.78 Å². The van der Waals surface area contributed by atoms with Crippen LogP contribution in [-0.2, 0) is 4.79 Å². The van der Waals surface area contributed by atoms with E-state index >= 15 is 0 Å². The van der Waals surface area contributed by atoms with Crippen LogP contribution in [0.25, 0.3) is 0 Å². The Balaban J connectivity index is 2.24. The number of allylic oxidation sites excluding steroid dienone is 1. The number of rotatable bonds is 0. The average molecular weight is 248 g/mol. The Morgan fingerprint density at radius 3 is 2.28 bits per heavy atom. The first-order valence-corrected chi connectivity index (χ1v) is 7.11. The number of carbonyl (C=O) groups excluding carboxylic acids is 1. The maximum Gasteiger partial charge on any atom is 0.146 e. The first-order valence-electron chi connectivity index (χ1n) is 7.11. The van der Waals surface area contributed by atoms with Gasteiger partial charge in [0.1, 0.15) is 5.78 Å². The van der Waals surface area contributed by atoms with Crippen LogP contribution in [-0.4, -0.2) is 17.0 Å². The molecule has 100 valence electrons. The van der Waals surface area contributed by atoms with Crippen LogP contribution in [0.4, 0.5) is 0 Å². The van der Waals surface area contributed by atoms with Gasteiger partial charge < -0.3 is 5.11 Å². The normalized spacial score (nSPS) is 44.4. The summed E-state index contributed by atoms with van der Waals surface area (Å²) in [5.74, 6) is 0.498. The highest BCUT2D eigenvalue weighted by molar-refractivity contribution is 5.94. The summed E-state index contributed by atoms with van der Waals surface area (Å²) in [6.45, 7) is 10.5. The van der Waals surface area contributed by atoms with Crippen molar-refractivity contribution in [2.24, 2.45) is 22.2 Å². The summed E-state index contributed by atoms with van der Waals surface area (Å²) in [5, 5.41) is 10.6. The van der Waals surface area contributed by atoms with E-state index in [4.69, 9.17) is 0 Å². The zero-order valence-corrected chi connectivity index (χ0v) is 12.1. The molecule has 0 aromatic heterocycles. The van der Waals surface area contributed by atoms with E-state index in [0.717, 1.165) is 24.8 Å². The van der Waals surface area contributed by atoms with Crippen molar-refractivity contribution in [3.63, 3.8) is 0 Å². The van der Waals surface area contributed by atoms with Crippen molar-refractivity contribution in [1.82, 2.24) is 0 Å². The van der Waals surface area contributed by atoms with E-state index in [1.807, 2.05) is 0 Å². The molecule has 0 saturated heterocycles. The van der Waals surface area contributed by atoms with Crippen molar-refractivity contribution < 1.29 is 9.90 Å². The Labute approximate surface area is 109 Å². The number of carbonyl (C=O) groups is 1. The molecule has 0 aliphatic heterocycles. The summed E-state index contributed by atoms with van der Waals surface area (Å²) in [5.41, 5.74) is 1.90. The molecule has 2 heteroatoms. The Morgan fingerprint density at radius 2 is 1.78 bits per heavy atom. The van der Waals surface area contributed by atoms with Gasteiger partial charge in [-0.25, -0.2) is 0 Å². The number of Topliss-reactive ketones (excluding diaryl/α,β-unsaturated/α-hetero) is 1. The molecule has 3 atom stereocenters. The maximum absolute atomic E-state index is 12.8. The monoisotopic (exact) mass is 248 g/mol. The first kappa shape index (κ1) is 12.4. The summed E-state index contributed by atoms with van der Waals surface area (Å²) < 4.78 is 0. The molecule has 2 nitrogen and oxygen atoms in total. The Bertz CT molecular complexity index is 467. The van der Waals surface area contributed by atoms with E-state index in [2.05, 4.69) is 34.6 Å². The standard InChI is InChI=1S/C16H24O2/c1-9-11-13(18)14(3,4)8-15(11,5)12(17)10(2)16(9)6-7-16/h10,13,18H,6-8H2,1-5H3. The van der Waals surface area contributed by atoms with Gasteiger partial charge in [0.25, 0.3) is 0 Å². The summed E-state index contributed by atoms with van der Waals surface area (Å²) in [6, 6.07) is 0. The van der Waals surface area contributed by atoms with E-state index in [9.17, 15) is 9.90 Å². The van der Waals surface area contributed by atoms with Crippen LogP contribution in [0.2, 0.25) is 0 Å². The quantitative estimate of drug-likeness (QED) is 0.669. The smallest absolute Gasteiger partial charge is 0.146 e. The zero-order valence-electron chi connectivity index (χ0n) is 12.1. The second-order valence-electron chi connectivity index (χ2n) is 7.68. The van der Waals surface area contributed by atoms with Gasteiger partial charge in [0.15, 0.2) is 0 Å². The van der Waals surface area contributed by atoms with Crippen molar-refractivity contribution in [3.05, 3.63) is 11.1 Å². The fraction of sp³-hybridized carbons (Fsp3) is 0.812. The van der Waals surface area contributed by atoms with Crippen molar-refractivity contribution in [2.45, 2.75) is 60.0 Å². The van der Waals surface area contributed by atoms with Gasteiger partial charge in [-0.15, -0.1) is 0 Å². The molecule has 0 aromatic rings. The predicted molar refractivity (Wildman–Crippen MR) is 71.0 cm³/mol. The highest BCUT2D eigenvalue weighted by atomic mass is 16.3. The Hall–Kier alpha value is -0.630. The first-order chi connectivity index (χ1) is 8.17. The fourth-order valence-corrected chi connectivity index (χ4v) is 4.90. The molecular formula is C16H24O2. The third-order valence-corrected chi connectivity index (χ3v) is 6.12. The predicted octanol–water partition coefficient (Wildman–Crippen LogP) is 3.10. The molecule has 0 heterocycles. The van der Waals surface area contributed by atoms with Gasteiger partial charge in [-0.05, 0) is 44.1 Å². The van der Waals surface area contributed by atoms with E-state index in [1.54, 1.807) is 0 Å². The van der Waals surface area contributed by atoms with Gasteiger partial charge in [-0.1, -0.05) is 26.3 Å². The van der Waals surface area contributed by atoms with Gasteiger partial charge in [-0.3, -0.25) is 4.79 Å². The van der Waals surface area contributed by atoms with Gasteiger partial charge >= 0.3 is 0 Å². The fourth-order valence-electron chi connectivity index (χ4n) is 4.90. The highest BCUT2D eigenvalue weighted by Gasteiger charge is 2.65. The van der Waals surface area contributed by atoms with Crippen molar-refractivity contribution in [1.29, 1.82) is 0 Å². The van der Waals surface area contributed by atoms with Crippen LogP contribution < -0.4 is 0 Å². The van der Waals surface area contributed by atoms with Gasteiger partial charge in [0.05, 0.1) is 11.5 Å².